The van der Waals surface area contributed by atoms with Crippen molar-refractivity contribution in [2.45, 2.75) is 25.4 Å². The molecule has 2 aromatic carbocycles. The van der Waals surface area contributed by atoms with Gasteiger partial charge in [0.2, 0.25) is 0 Å². The number of carbonyl (C=O) groups is 1. The summed E-state index contributed by atoms with van der Waals surface area (Å²) in [6.45, 7) is 1.91. The molecule has 10 heteroatoms. The Labute approximate surface area is 169 Å². The van der Waals surface area contributed by atoms with E-state index in [-0.39, 0.29) is 17.9 Å². The molecule has 0 saturated heterocycles. The van der Waals surface area contributed by atoms with Crippen LogP contribution in [0.2, 0.25) is 0 Å². The summed E-state index contributed by atoms with van der Waals surface area (Å²) in [5, 5.41) is 13.3. The van der Waals surface area contributed by atoms with Gasteiger partial charge >= 0.3 is 6.03 Å². The molecule has 2 heterocycles. The number of anilines is 1. The summed E-state index contributed by atoms with van der Waals surface area (Å²) in [5.74, 6) is -1.74. The highest BCUT2D eigenvalue weighted by molar-refractivity contribution is 5.89. The fourth-order valence-electron chi connectivity index (χ4n) is 3.63. The zero-order valence-electron chi connectivity index (χ0n) is 16.1. The second-order valence-corrected chi connectivity index (χ2v) is 6.91. The standard InChI is InChI=1S/C20H18F3N5O2/c1-10-26-27-19-18(25-20(29)24-12-5-3-11(21)4-6-12)14(9-28(10)19)17-15(22)7-13(30-2)8-16(17)23/h3-8,14,18H,9H2,1-2H3,(H2,24,25,29). The molecule has 0 fully saturated rings. The van der Waals surface area contributed by atoms with Crippen LogP contribution in [0.15, 0.2) is 36.4 Å². The lowest BCUT2D eigenvalue weighted by atomic mass is 9.92. The van der Waals surface area contributed by atoms with Crippen molar-refractivity contribution in [2.75, 3.05) is 12.4 Å². The first kappa shape index (κ1) is 19.7. The number of amides is 2. The number of aromatic nitrogens is 3. The van der Waals surface area contributed by atoms with Crippen LogP contribution in [0.25, 0.3) is 0 Å². The SMILES string of the molecule is COc1cc(F)c(C2Cn3c(C)nnc3C2NC(=O)Nc2ccc(F)cc2)c(F)c1. The largest absolute Gasteiger partial charge is 0.497 e. The van der Waals surface area contributed by atoms with Crippen molar-refractivity contribution in [1.29, 1.82) is 0 Å². The van der Waals surface area contributed by atoms with Gasteiger partial charge in [0, 0.05) is 35.8 Å². The smallest absolute Gasteiger partial charge is 0.319 e. The molecule has 2 unspecified atom stereocenters. The molecule has 1 aromatic heterocycles. The van der Waals surface area contributed by atoms with Crippen molar-refractivity contribution in [3.8, 4) is 5.75 Å². The van der Waals surface area contributed by atoms with Gasteiger partial charge in [0.25, 0.3) is 0 Å². The minimum Gasteiger partial charge on any atom is -0.497 e. The zero-order valence-corrected chi connectivity index (χ0v) is 16.1. The third-order valence-corrected chi connectivity index (χ3v) is 5.07. The predicted molar refractivity (Wildman–Crippen MR) is 102 cm³/mol. The maximum atomic E-state index is 14.7. The van der Waals surface area contributed by atoms with E-state index in [1.807, 2.05) is 0 Å². The van der Waals surface area contributed by atoms with E-state index in [0.717, 1.165) is 12.1 Å². The molecule has 0 aliphatic carbocycles. The maximum absolute atomic E-state index is 14.7. The van der Waals surface area contributed by atoms with Crippen molar-refractivity contribution in [3.05, 3.63) is 71.1 Å². The van der Waals surface area contributed by atoms with Crippen LogP contribution < -0.4 is 15.4 Å². The molecule has 30 heavy (non-hydrogen) atoms. The molecule has 1 aliphatic heterocycles. The van der Waals surface area contributed by atoms with Crippen LogP contribution in [-0.2, 0) is 6.54 Å². The first-order valence-corrected chi connectivity index (χ1v) is 9.13. The number of nitrogens with zero attached hydrogens (tertiary/aromatic N) is 3. The first-order chi connectivity index (χ1) is 14.4. The molecule has 0 saturated carbocycles. The number of urea groups is 1. The molecule has 0 bridgehead atoms. The Balaban J connectivity index is 1.64. The molecule has 0 radical (unpaired) electrons. The summed E-state index contributed by atoms with van der Waals surface area (Å²) in [6.07, 6.45) is 0. The summed E-state index contributed by atoms with van der Waals surface area (Å²) < 4.78 is 49.2. The first-order valence-electron chi connectivity index (χ1n) is 9.13. The van der Waals surface area contributed by atoms with E-state index in [4.69, 9.17) is 4.74 Å². The summed E-state index contributed by atoms with van der Waals surface area (Å²) in [7, 11) is 1.32. The van der Waals surface area contributed by atoms with Gasteiger partial charge in [0.15, 0.2) is 5.82 Å². The fourth-order valence-corrected chi connectivity index (χ4v) is 3.63. The predicted octanol–water partition coefficient (Wildman–Crippen LogP) is 3.67. The molecule has 0 spiro atoms. The monoisotopic (exact) mass is 417 g/mol. The number of rotatable bonds is 4. The van der Waals surface area contributed by atoms with Crippen LogP contribution >= 0.6 is 0 Å². The molecule has 3 aromatic rings. The van der Waals surface area contributed by atoms with Gasteiger partial charge in [-0.25, -0.2) is 18.0 Å². The van der Waals surface area contributed by atoms with Crippen molar-refractivity contribution >= 4 is 11.7 Å². The van der Waals surface area contributed by atoms with Crippen molar-refractivity contribution in [1.82, 2.24) is 20.1 Å². The highest BCUT2D eigenvalue weighted by atomic mass is 19.1. The Hall–Kier alpha value is -3.56. The van der Waals surface area contributed by atoms with Gasteiger partial charge in [-0.1, -0.05) is 0 Å². The van der Waals surface area contributed by atoms with Crippen LogP contribution in [-0.4, -0.2) is 27.9 Å². The van der Waals surface area contributed by atoms with E-state index in [1.54, 1.807) is 11.5 Å². The summed E-state index contributed by atoms with van der Waals surface area (Å²) in [5.41, 5.74) is 0.190. The van der Waals surface area contributed by atoms with E-state index in [9.17, 15) is 18.0 Å². The molecule has 7 nitrogen and oxygen atoms in total. The Morgan fingerprint density at radius 1 is 1.13 bits per heavy atom. The number of aryl methyl sites for hydroxylation is 1. The van der Waals surface area contributed by atoms with Crippen LogP contribution in [0.3, 0.4) is 0 Å². The number of ether oxygens (including phenoxy) is 1. The minimum absolute atomic E-state index is 0.0564. The number of hydrogen-bond donors (Lipinski definition) is 2. The lowest BCUT2D eigenvalue weighted by Crippen LogP contribution is -2.35. The quantitative estimate of drug-likeness (QED) is 0.679. The van der Waals surface area contributed by atoms with E-state index >= 15 is 0 Å². The number of benzene rings is 2. The van der Waals surface area contributed by atoms with Gasteiger partial charge in [0.05, 0.1) is 13.2 Å². The van der Waals surface area contributed by atoms with Crippen LogP contribution in [0.4, 0.5) is 23.7 Å². The number of halogens is 3. The van der Waals surface area contributed by atoms with Crippen molar-refractivity contribution < 1.29 is 22.7 Å². The zero-order chi connectivity index (χ0) is 21.4. The number of nitrogens with one attached hydrogen (secondary N) is 2. The van der Waals surface area contributed by atoms with Crippen molar-refractivity contribution in [3.63, 3.8) is 0 Å². The summed E-state index contributed by atoms with van der Waals surface area (Å²) in [6, 6.07) is 5.95. The topological polar surface area (TPSA) is 81.1 Å². The maximum Gasteiger partial charge on any atom is 0.319 e. The highest BCUT2D eigenvalue weighted by Gasteiger charge is 2.40. The molecule has 1 aliphatic rings. The van der Waals surface area contributed by atoms with Gasteiger partial charge in [-0.2, -0.15) is 0 Å². The third kappa shape index (κ3) is 3.56. The molecular formula is C20H18F3N5O2. The second kappa shape index (κ2) is 7.69. The second-order valence-electron chi connectivity index (χ2n) is 6.91. The Morgan fingerprint density at radius 2 is 1.80 bits per heavy atom. The lowest BCUT2D eigenvalue weighted by molar-refractivity contribution is 0.246. The minimum atomic E-state index is -0.830. The van der Waals surface area contributed by atoms with Gasteiger partial charge in [-0.05, 0) is 31.2 Å². The van der Waals surface area contributed by atoms with Gasteiger partial charge in [-0.15, -0.1) is 10.2 Å². The fraction of sp³-hybridized carbons (Fsp3) is 0.250. The van der Waals surface area contributed by atoms with E-state index in [0.29, 0.717) is 17.3 Å². The molecule has 4 rings (SSSR count). The molecule has 156 valence electrons. The summed E-state index contributed by atoms with van der Waals surface area (Å²) in [4.78, 5) is 12.5. The normalized spacial score (nSPS) is 17.5. The Morgan fingerprint density at radius 3 is 2.43 bits per heavy atom. The third-order valence-electron chi connectivity index (χ3n) is 5.07. The van der Waals surface area contributed by atoms with Gasteiger partial charge in [-0.3, -0.25) is 0 Å². The van der Waals surface area contributed by atoms with E-state index in [2.05, 4.69) is 20.8 Å². The molecule has 2 atom stereocenters. The van der Waals surface area contributed by atoms with Crippen LogP contribution in [0, 0.1) is 24.4 Å². The number of hydrogen-bond acceptors (Lipinski definition) is 4. The number of methoxy groups -OCH3 is 1. The average Bonchev–Trinajstić information content (AvgIpc) is 3.23. The lowest BCUT2D eigenvalue weighted by Gasteiger charge is -2.22. The Kier molecular flexibility index (Phi) is 5.06. The van der Waals surface area contributed by atoms with Crippen LogP contribution in [0.5, 0.6) is 5.75 Å². The van der Waals surface area contributed by atoms with E-state index < -0.39 is 35.4 Å². The van der Waals surface area contributed by atoms with E-state index in [1.165, 1.54) is 31.4 Å². The van der Waals surface area contributed by atoms with Crippen LogP contribution in [0.1, 0.15) is 29.2 Å². The van der Waals surface area contributed by atoms with Crippen molar-refractivity contribution in [2.24, 2.45) is 0 Å². The number of fused-ring (bicyclic) bond motifs is 1. The van der Waals surface area contributed by atoms with Gasteiger partial charge < -0.3 is 19.9 Å². The number of carbonyl (C=O) groups excluding carboxylic acids is 1. The average molecular weight is 417 g/mol. The molecule has 2 N–H and O–H groups in total. The van der Waals surface area contributed by atoms with Gasteiger partial charge in [0.1, 0.15) is 29.0 Å². The molecular weight excluding hydrogens is 399 g/mol. The molecule has 2 amide bonds. The summed E-state index contributed by atoms with van der Waals surface area (Å²) >= 11 is 0. The Bertz CT molecular complexity index is 1080. The highest BCUT2D eigenvalue weighted by Crippen LogP contribution is 2.41.